The van der Waals surface area contributed by atoms with Gasteiger partial charge in [-0.15, -0.1) is 11.3 Å². The lowest BCUT2D eigenvalue weighted by atomic mass is 9.95. The molecule has 2 aromatic rings. The number of fused-ring (bicyclic) bond motifs is 1. The van der Waals surface area contributed by atoms with E-state index in [1.54, 1.807) is 35.6 Å². The van der Waals surface area contributed by atoms with Crippen molar-refractivity contribution in [2.45, 2.75) is 51.4 Å². The molecule has 1 aliphatic carbocycles. The largest absolute Gasteiger partial charge is 0.506 e. The summed E-state index contributed by atoms with van der Waals surface area (Å²) < 4.78 is 0. The van der Waals surface area contributed by atoms with Crippen LogP contribution in [-0.4, -0.2) is 41.5 Å². The van der Waals surface area contributed by atoms with Gasteiger partial charge in [-0.05, 0) is 69.3 Å². The Bertz CT molecular complexity index is 1050. The topological polar surface area (TPSA) is 105 Å². The molecule has 0 spiro atoms. The van der Waals surface area contributed by atoms with Gasteiger partial charge in [-0.25, -0.2) is 0 Å². The highest BCUT2D eigenvalue weighted by Crippen LogP contribution is 2.37. The van der Waals surface area contributed by atoms with Crippen LogP contribution in [0.1, 0.15) is 54.5 Å². The molecular weight excluding hydrogens is 436 g/mol. The Morgan fingerprint density at radius 1 is 1.12 bits per heavy atom. The number of thiophene rings is 1. The lowest BCUT2D eigenvalue weighted by Gasteiger charge is -2.31. The number of aryl methyl sites for hydroxylation is 1. The van der Waals surface area contributed by atoms with Crippen LogP contribution in [0.15, 0.2) is 24.3 Å². The maximum atomic E-state index is 12.6. The molecule has 1 aromatic carbocycles. The molecule has 3 N–H and O–H groups in total. The molecule has 0 bridgehead atoms. The molecule has 1 aliphatic heterocycles. The number of para-hydroxylation sites is 2. The van der Waals surface area contributed by atoms with Crippen molar-refractivity contribution >= 4 is 33.8 Å². The van der Waals surface area contributed by atoms with Crippen LogP contribution in [0.3, 0.4) is 0 Å². The van der Waals surface area contributed by atoms with E-state index in [1.165, 1.54) is 11.3 Å². The molecule has 1 aromatic heterocycles. The van der Waals surface area contributed by atoms with Crippen LogP contribution in [-0.2, 0) is 22.4 Å². The second kappa shape index (κ2) is 10.8. The van der Waals surface area contributed by atoms with Crippen LogP contribution in [0.2, 0.25) is 0 Å². The lowest BCUT2D eigenvalue weighted by molar-refractivity contribution is -0.121. The number of anilines is 2. The van der Waals surface area contributed by atoms with Crippen LogP contribution in [0, 0.1) is 17.2 Å². The van der Waals surface area contributed by atoms with E-state index in [0.29, 0.717) is 29.2 Å². The highest BCUT2D eigenvalue weighted by molar-refractivity contribution is 7.16. The number of hydrogen-bond donors (Lipinski definition) is 3. The Morgan fingerprint density at radius 2 is 1.88 bits per heavy atom. The molecule has 4 rings (SSSR count). The van der Waals surface area contributed by atoms with Gasteiger partial charge in [0, 0.05) is 23.8 Å². The highest BCUT2D eigenvalue weighted by atomic mass is 32.1. The van der Waals surface area contributed by atoms with Crippen molar-refractivity contribution in [2.24, 2.45) is 5.92 Å². The third-order valence-corrected chi connectivity index (χ3v) is 7.77. The predicted octanol–water partition coefficient (Wildman–Crippen LogP) is 4.27. The molecule has 1 saturated heterocycles. The van der Waals surface area contributed by atoms with E-state index < -0.39 is 0 Å². The Hall–Kier alpha value is -2.89. The van der Waals surface area contributed by atoms with Crippen LogP contribution >= 0.6 is 11.3 Å². The number of rotatable bonds is 6. The molecule has 0 saturated carbocycles. The summed E-state index contributed by atoms with van der Waals surface area (Å²) in [5.41, 5.74) is 2.23. The van der Waals surface area contributed by atoms with E-state index in [0.717, 1.165) is 57.2 Å². The van der Waals surface area contributed by atoms with Gasteiger partial charge in [-0.1, -0.05) is 18.6 Å². The monoisotopic (exact) mass is 466 g/mol. The van der Waals surface area contributed by atoms with Crippen molar-refractivity contribution in [1.82, 2.24) is 4.90 Å². The number of carbonyl (C=O) groups is 2. The SMILES string of the molecule is N#Cc1c(NC(=O)CCN2CCC(C(=O)Nc3ccccc3O)CC2)sc2c1CCCCC2. The summed E-state index contributed by atoms with van der Waals surface area (Å²) in [5.74, 6) is -0.178. The molecule has 7 nitrogen and oxygen atoms in total. The minimum Gasteiger partial charge on any atom is -0.506 e. The van der Waals surface area contributed by atoms with Gasteiger partial charge in [0.05, 0.1) is 11.3 Å². The van der Waals surface area contributed by atoms with Gasteiger partial charge >= 0.3 is 0 Å². The van der Waals surface area contributed by atoms with E-state index in [9.17, 15) is 20.0 Å². The second-order valence-corrected chi connectivity index (χ2v) is 9.91. The standard InChI is InChI=1S/C25H30N4O3S/c26-16-19-18-6-2-1-3-9-22(18)33-25(19)28-23(31)12-15-29-13-10-17(11-14-29)24(32)27-20-7-4-5-8-21(20)30/h4-5,7-8,17,30H,1-3,6,9-15H2,(H,27,32)(H,28,31). The van der Waals surface area contributed by atoms with Crippen LogP contribution in [0.4, 0.5) is 10.7 Å². The van der Waals surface area contributed by atoms with E-state index >= 15 is 0 Å². The van der Waals surface area contributed by atoms with Crippen LogP contribution in [0.25, 0.3) is 0 Å². The lowest BCUT2D eigenvalue weighted by Crippen LogP contribution is -2.39. The average molecular weight is 467 g/mol. The predicted molar refractivity (Wildman–Crippen MR) is 129 cm³/mol. The number of likely N-dealkylation sites (tertiary alicyclic amines) is 1. The molecule has 2 amide bonds. The van der Waals surface area contributed by atoms with Crippen LogP contribution in [0.5, 0.6) is 5.75 Å². The van der Waals surface area contributed by atoms with E-state index in [2.05, 4.69) is 21.6 Å². The summed E-state index contributed by atoms with van der Waals surface area (Å²) in [6.45, 7) is 2.14. The van der Waals surface area contributed by atoms with Crippen molar-refractivity contribution in [1.29, 1.82) is 5.26 Å². The molecule has 8 heteroatoms. The maximum Gasteiger partial charge on any atom is 0.227 e. The first-order valence-electron chi connectivity index (χ1n) is 11.7. The van der Waals surface area contributed by atoms with Gasteiger partial charge in [0.2, 0.25) is 11.8 Å². The minimum atomic E-state index is -0.102. The summed E-state index contributed by atoms with van der Waals surface area (Å²) in [4.78, 5) is 28.6. The molecular formula is C25H30N4O3S. The number of aromatic hydroxyl groups is 1. The second-order valence-electron chi connectivity index (χ2n) is 8.80. The number of carbonyl (C=O) groups excluding carboxylic acids is 2. The van der Waals surface area contributed by atoms with Gasteiger partial charge in [-0.3, -0.25) is 9.59 Å². The van der Waals surface area contributed by atoms with Gasteiger partial charge < -0.3 is 20.6 Å². The molecule has 1 fully saturated rings. The molecule has 0 radical (unpaired) electrons. The number of nitrogens with one attached hydrogen (secondary N) is 2. The third kappa shape index (κ3) is 5.73. The van der Waals surface area contributed by atoms with Crippen molar-refractivity contribution < 1.29 is 14.7 Å². The van der Waals surface area contributed by atoms with E-state index in [-0.39, 0.29) is 23.5 Å². The molecule has 174 valence electrons. The fraction of sp³-hybridized carbons (Fsp3) is 0.480. The Kier molecular flexibility index (Phi) is 7.63. The van der Waals surface area contributed by atoms with E-state index in [1.807, 2.05) is 0 Å². The van der Waals surface area contributed by atoms with Crippen molar-refractivity contribution in [3.63, 3.8) is 0 Å². The van der Waals surface area contributed by atoms with Crippen molar-refractivity contribution in [3.8, 4) is 11.8 Å². The average Bonchev–Trinajstić information content (AvgIpc) is 2.98. The summed E-state index contributed by atoms with van der Waals surface area (Å²) in [5, 5.41) is 26.0. The number of benzene rings is 1. The molecule has 2 aliphatic rings. The maximum absolute atomic E-state index is 12.6. The fourth-order valence-corrected chi connectivity index (χ4v) is 5.89. The summed E-state index contributed by atoms with van der Waals surface area (Å²) in [6.07, 6.45) is 7.17. The summed E-state index contributed by atoms with van der Waals surface area (Å²) in [7, 11) is 0. The van der Waals surface area contributed by atoms with Gasteiger partial charge in [0.1, 0.15) is 16.8 Å². The molecule has 33 heavy (non-hydrogen) atoms. The zero-order chi connectivity index (χ0) is 23.2. The molecule has 2 heterocycles. The van der Waals surface area contributed by atoms with Gasteiger partial charge in [-0.2, -0.15) is 5.26 Å². The summed E-state index contributed by atoms with van der Waals surface area (Å²) in [6, 6.07) is 9.04. The smallest absolute Gasteiger partial charge is 0.227 e. The van der Waals surface area contributed by atoms with Crippen molar-refractivity contribution in [2.75, 3.05) is 30.3 Å². The number of nitrogens with zero attached hydrogens (tertiary/aromatic N) is 2. The van der Waals surface area contributed by atoms with E-state index in [4.69, 9.17) is 0 Å². The number of phenols is 1. The number of amides is 2. The normalized spacial score (nSPS) is 16.9. The summed E-state index contributed by atoms with van der Waals surface area (Å²) >= 11 is 1.56. The number of piperidine rings is 1. The quantitative estimate of drug-likeness (QED) is 0.435. The first-order chi connectivity index (χ1) is 16.0. The number of hydrogen-bond acceptors (Lipinski definition) is 6. The highest BCUT2D eigenvalue weighted by Gasteiger charge is 2.26. The third-order valence-electron chi connectivity index (χ3n) is 6.56. The number of nitriles is 1. The first-order valence-corrected chi connectivity index (χ1v) is 12.5. The minimum absolute atomic E-state index is 0.0657. The first kappa shape index (κ1) is 23.3. The zero-order valence-electron chi connectivity index (χ0n) is 18.7. The van der Waals surface area contributed by atoms with Gasteiger partial charge in [0.25, 0.3) is 0 Å². The Morgan fingerprint density at radius 3 is 2.64 bits per heavy atom. The fourth-order valence-electron chi connectivity index (χ4n) is 4.63. The Balaban J connectivity index is 1.23. The number of phenolic OH excluding ortho intramolecular Hbond substituents is 1. The molecule has 0 atom stereocenters. The van der Waals surface area contributed by atoms with Gasteiger partial charge in [0.15, 0.2) is 0 Å². The van der Waals surface area contributed by atoms with Crippen molar-refractivity contribution in [3.05, 3.63) is 40.3 Å². The molecule has 0 unspecified atom stereocenters. The zero-order valence-corrected chi connectivity index (χ0v) is 19.5. The van der Waals surface area contributed by atoms with Crippen LogP contribution < -0.4 is 10.6 Å². The Labute approximate surface area is 198 Å².